The van der Waals surface area contributed by atoms with E-state index in [-0.39, 0.29) is 0 Å². The number of aromatic amines is 1. The van der Waals surface area contributed by atoms with E-state index >= 15 is 0 Å². The van der Waals surface area contributed by atoms with E-state index in [4.69, 9.17) is 0 Å². The first kappa shape index (κ1) is 9.91. The van der Waals surface area contributed by atoms with Crippen molar-refractivity contribution in [3.8, 4) is 0 Å². The zero-order valence-corrected chi connectivity index (χ0v) is 9.93. The van der Waals surface area contributed by atoms with E-state index in [9.17, 15) is 0 Å². The van der Waals surface area contributed by atoms with Gasteiger partial charge in [0.2, 0.25) is 0 Å². The summed E-state index contributed by atoms with van der Waals surface area (Å²) in [6.07, 6.45) is 2.30. The van der Waals surface area contributed by atoms with E-state index in [2.05, 4.69) is 42.3 Å². The van der Waals surface area contributed by atoms with Gasteiger partial charge in [0.15, 0.2) is 0 Å². The molecule has 2 heterocycles. The van der Waals surface area contributed by atoms with Crippen LogP contribution in [0.2, 0.25) is 0 Å². The van der Waals surface area contributed by atoms with Gasteiger partial charge in [-0.3, -0.25) is 0 Å². The van der Waals surface area contributed by atoms with Crippen molar-refractivity contribution in [1.29, 1.82) is 0 Å². The molecule has 0 saturated heterocycles. The molecule has 0 amide bonds. The van der Waals surface area contributed by atoms with Crippen LogP contribution in [0.15, 0.2) is 18.2 Å². The van der Waals surface area contributed by atoms with Crippen molar-refractivity contribution >= 4 is 10.9 Å². The minimum atomic E-state index is 0.511. The van der Waals surface area contributed by atoms with Crippen LogP contribution >= 0.6 is 0 Å². The third-order valence-electron chi connectivity index (χ3n) is 3.62. The van der Waals surface area contributed by atoms with Gasteiger partial charge < -0.3 is 10.3 Å². The number of aromatic nitrogens is 1. The third kappa shape index (κ3) is 1.37. The summed E-state index contributed by atoms with van der Waals surface area (Å²) in [6.45, 7) is 5.51. The highest BCUT2D eigenvalue weighted by Gasteiger charge is 2.22. The molecule has 2 heteroatoms. The van der Waals surface area contributed by atoms with Crippen LogP contribution in [0, 0.1) is 6.92 Å². The molecule has 0 radical (unpaired) electrons. The van der Waals surface area contributed by atoms with Crippen molar-refractivity contribution in [2.75, 3.05) is 6.54 Å². The predicted octanol–water partition coefficient (Wildman–Crippen LogP) is 3.07. The molecule has 0 fully saturated rings. The van der Waals surface area contributed by atoms with Gasteiger partial charge in [-0.2, -0.15) is 0 Å². The Bertz CT molecular complexity index is 525. The number of rotatable bonds is 1. The SMILES string of the molecule is CCC1NCCc2c1[nH]c1ccc(C)cc21. The molecule has 1 aromatic heterocycles. The highest BCUT2D eigenvalue weighted by Crippen LogP contribution is 2.31. The van der Waals surface area contributed by atoms with E-state index in [1.807, 2.05) is 0 Å². The fourth-order valence-electron chi connectivity index (χ4n) is 2.77. The monoisotopic (exact) mass is 214 g/mol. The summed E-state index contributed by atoms with van der Waals surface area (Å²) < 4.78 is 0. The number of H-pyrrole nitrogens is 1. The maximum Gasteiger partial charge on any atom is 0.0473 e. The van der Waals surface area contributed by atoms with E-state index in [1.54, 1.807) is 0 Å². The van der Waals surface area contributed by atoms with Crippen LogP contribution in [-0.2, 0) is 6.42 Å². The number of fused-ring (bicyclic) bond motifs is 3. The van der Waals surface area contributed by atoms with Crippen LogP contribution in [0.3, 0.4) is 0 Å². The summed E-state index contributed by atoms with van der Waals surface area (Å²) >= 11 is 0. The lowest BCUT2D eigenvalue weighted by atomic mass is 9.97. The quantitative estimate of drug-likeness (QED) is 0.750. The largest absolute Gasteiger partial charge is 0.357 e. The zero-order valence-electron chi connectivity index (χ0n) is 9.93. The molecule has 0 spiro atoms. The molecule has 1 aliphatic rings. The molecule has 3 rings (SSSR count). The number of nitrogens with one attached hydrogen (secondary N) is 2. The Morgan fingerprint density at radius 3 is 3.06 bits per heavy atom. The molecule has 0 saturated carbocycles. The summed E-state index contributed by atoms with van der Waals surface area (Å²) in [5.74, 6) is 0. The molecule has 16 heavy (non-hydrogen) atoms. The zero-order chi connectivity index (χ0) is 11.1. The molecule has 2 N–H and O–H groups in total. The van der Waals surface area contributed by atoms with E-state index in [0.29, 0.717) is 6.04 Å². The van der Waals surface area contributed by atoms with Crippen LogP contribution in [0.1, 0.15) is 36.2 Å². The maximum absolute atomic E-state index is 3.58. The Kier molecular flexibility index (Phi) is 2.25. The van der Waals surface area contributed by atoms with Crippen molar-refractivity contribution in [3.63, 3.8) is 0 Å². The van der Waals surface area contributed by atoms with Crippen LogP contribution in [-0.4, -0.2) is 11.5 Å². The highest BCUT2D eigenvalue weighted by molar-refractivity contribution is 5.85. The van der Waals surface area contributed by atoms with Gasteiger partial charge in [-0.15, -0.1) is 0 Å². The lowest BCUT2D eigenvalue weighted by Gasteiger charge is -2.22. The second-order valence-electron chi connectivity index (χ2n) is 4.73. The smallest absolute Gasteiger partial charge is 0.0473 e. The topological polar surface area (TPSA) is 27.8 Å². The lowest BCUT2D eigenvalue weighted by Crippen LogP contribution is -2.29. The summed E-state index contributed by atoms with van der Waals surface area (Å²) in [5.41, 5.74) is 5.58. The maximum atomic E-state index is 3.58. The first-order valence-corrected chi connectivity index (χ1v) is 6.14. The molecule has 1 aromatic carbocycles. The fraction of sp³-hybridized carbons (Fsp3) is 0.429. The van der Waals surface area contributed by atoms with Crippen molar-refractivity contribution in [3.05, 3.63) is 35.0 Å². The standard InChI is InChI=1S/C14H18N2/c1-3-12-14-10(6-7-15-12)11-8-9(2)4-5-13(11)16-14/h4-5,8,12,15-16H,3,6-7H2,1-2H3. The van der Waals surface area contributed by atoms with Gasteiger partial charge in [0.1, 0.15) is 0 Å². The third-order valence-corrected chi connectivity index (χ3v) is 3.62. The van der Waals surface area contributed by atoms with Crippen LogP contribution in [0.25, 0.3) is 10.9 Å². The lowest BCUT2D eigenvalue weighted by molar-refractivity contribution is 0.485. The van der Waals surface area contributed by atoms with Crippen molar-refractivity contribution < 1.29 is 0 Å². The van der Waals surface area contributed by atoms with E-state index in [0.717, 1.165) is 19.4 Å². The number of hydrogen-bond acceptors (Lipinski definition) is 1. The molecule has 2 aromatic rings. The van der Waals surface area contributed by atoms with Gasteiger partial charge in [-0.25, -0.2) is 0 Å². The Balaban J connectivity index is 2.24. The number of hydrogen-bond donors (Lipinski definition) is 2. The van der Waals surface area contributed by atoms with Gasteiger partial charge in [0, 0.05) is 22.6 Å². The van der Waals surface area contributed by atoms with Gasteiger partial charge in [-0.1, -0.05) is 18.6 Å². The second kappa shape index (κ2) is 3.63. The minimum Gasteiger partial charge on any atom is -0.357 e. The van der Waals surface area contributed by atoms with Gasteiger partial charge in [0.25, 0.3) is 0 Å². The Labute approximate surface area is 96.1 Å². The highest BCUT2D eigenvalue weighted by atomic mass is 15.0. The van der Waals surface area contributed by atoms with Gasteiger partial charge in [0.05, 0.1) is 0 Å². The molecule has 84 valence electrons. The Morgan fingerprint density at radius 2 is 2.25 bits per heavy atom. The van der Waals surface area contributed by atoms with Crippen molar-refractivity contribution in [2.24, 2.45) is 0 Å². The number of aryl methyl sites for hydroxylation is 1. The Morgan fingerprint density at radius 1 is 1.38 bits per heavy atom. The molecule has 0 aliphatic carbocycles. The summed E-state index contributed by atoms with van der Waals surface area (Å²) in [5, 5.41) is 5.00. The van der Waals surface area contributed by atoms with Crippen molar-refractivity contribution in [1.82, 2.24) is 10.3 Å². The normalized spacial score (nSPS) is 20.0. The predicted molar refractivity (Wildman–Crippen MR) is 67.8 cm³/mol. The van der Waals surface area contributed by atoms with Crippen LogP contribution in [0.5, 0.6) is 0 Å². The molecule has 0 bridgehead atoms. The fourth-order valence-corrected chi connectivity index (χ4v) is 2.77. The summed E-state index contributed by atoms with van der Waals surface area (Å²) in [4.78, 5) is 3.58. The second-order valence-corrected chi connectivity index (χ2v) is 4.73. The molecule has 2 nitrogen and oxygen atoms in total. The first-order chi connectivity index (χ1) is 7.79. The average molecular weight is 214 g/mol. The van der Waals surface area contributed by atoms with Gasteiger partial charge >= 0.3 is 0 Å². The van der Waals surface area contributed by atoms with Crippen LogP contribution < -0.4 is 5.32 Å². The van der Waals surface area contributed by atoms with Crippen molar-refractivity contribution in [2.45, 2.75) is 32.7 Å². The van der Waals surface area contributed by atoms with Gasteiger partial charge in [-0.05, 0) is 44.0 Å². The van der Waals surface area contributed by atoms with E-state index < -0.39 is 0 Å². The molecule has 1 unspecified atom stereocenters. The first-order valence-electron chi connectivity index (χ1n) is 6.14. The Hall–Kier alpha value is -1.28. The minimum absolute atomic E-state index is 0.511. The molecule has 1 atom stereocenters. The molecule has 1 aliphatic heterocycles. The molecular weight excluding hydrogens is 196 g/mol. The van der Waals surface area contributed by atoms with Crippen LogP contribution in [0.4, 0.5) is 0 Å². The number of benzene rings is 1. The van der Waals surface area contributed by atoms with E-state index in [1.165, 1.54) is 27.7 Å². The summed E-state index contributed by atoms with van der Waals surface area (Å²) in [6, 6.07) is 7.20. The summed E-state index contributed by atoms with van der Waals surface area (Å²) in [7, 11) is 0. The average Bonchev–Trinajstić information content (AvgIpc) is 2.67. The molecular formula is C14H18N2.